The monoisotopic (exact) mass is 530 g/mol. The number of ether oxygens (including phenoxy) is 2. The first-order valence-electron chi connectivity index (χ1n) is 14.5. The van der Waals surface area contributed by atoms with Gasteiger partial charge in [0.05, 0.1) is 16.9 Å². The van der Waals surface area contributed by atoms with Crippen molar-refractivity contribution in [1.82, 2.24) is 9.88 Å². The smallest absolute Gasteiger partial charge is 0.412 e. The van der Waals surface area contributed by atoms with Crippen molar-refractivity contribution >= 4 is 34.5 Å². The van der Waals surface area contributed by atoms with Gasteiger partial charge in [0.1, 0.15) is 11.9 Å². The molecule has 8 heteroatoms. The highest BCUT2D eigenvalue weighted by Gasteiger charge is 2.31. The second-order valence-corrected chi connectivity index (χ2v) is 11.4. The van der Waals surface area contributed by atoms with Crippen molar-refractivity contribution in [3.8, 4) is 17.0 Å². The van der Waals surface area contributed by atoms with Gasteiger partial charge >= 0.3 is 12.2 Å². The Balaban J connectivity index is 1.23. The number of benzene rings is 2. The van der Waals surface area contributed by atoms with Crippen LogP contribution in [0.3, 0.4) is 0 Å². The van der Waals surface area contributed by atoms with Gasteiger partial charge in [0, 0.05) is 34.8 Å². The van der Waals surface area contributed by atoms with Crippen LogP contribution in [0.25, 0.3) is 22.2 Å². The summed E-state index contributed by atoms with van der Waals surface area (Å²) in [5.41, 5.74) is 11.0. The Morgan fingerprint density at radius 2 is 1.67 bits per heavy atom. The maximum atomic E-state index is 12.6. The van der Waals surface area contributed by atoms with Crippen LogP contribution in [0.15, 0.2) is 42.5 Å². The minimum Gasteiger partial charge on any atom is -0.446 e. The Morgan fingerprint density at radius 1 is 0.923 bits per heavy atom. The SMILES string of the molecule is C[C@@H](OC(=O)Nc1ccc(-c2c(N)c3ccc(OC(=O)NC4CCCCC4)cc3n2C2CCC2)cc1)C1CC1. The maximum Gasteiger partial charge on any atom is 0.412 e. The average Bonchev–Trinajstić information content (AvgIpc) is 3.71. The average molecular weight is 531 g/mol. The van der Waals surface area contributed by atoms with Gasteiger partial charge in [-0.1, -0.05) is 31.4 Å². The molecule has 3 aromatic rings. The summed E-state index contributed by atoms with van der Waals surface area (Å²) >= 11 is 0. The second kappa shape index (κ2) is 10.8. The molecular formula is C31H38N4O4. The van der Waals surface area contributed by atoms with Gasteiger partial charge in [-0.3, -0.25) is 5.32 Å². The number of hydrogen-bond donors (Lipinski definition) is 3. The molecule has 3 fully saturated rings. The Bertz CT molecular complexity index is 1350. The quantitative estimate of drug-likeness (QED) is 0.295. The van der Waals surface area contributed by atoms with Gasteiger partial charge in [0.25, 0.3) is 0 Å². The number of anilines is 2. The molecule has 2 aromatic carbocycles. The molecule has 3 saturated carbocycles. The molecule has 0 radical (unpaired) electrons. The number of nitrogens with two attached hydrogens (primary N) is 1. The lowest BCUT2D eigenvalue weighted by atomic mass is 9.92. The summed E-state index contributed by atoms with van der Waals surface area (Å²) in [5.74, 6) is 1.01. The summed E-state index contributed by atoms with van der Waals surface area (Å²) in [6.07, 6.45) is 10.2. The van der Waals surface area contributed by atoms with Gasteiger partial charge < -0.3 is 25.1 Å². The van der Waals surface area contributed by atoms with E-state index in [9.17, 15) is 9.59 Å². The third-order valence-electron chi connectivity index (χ3n) is 8.58. The molecule has 6 rings (SSSR count). The normalized spacial score (nSPS) is 18.8. The zero-order valence-electron chi connectivity index (χ0n) is 22.6. The predicted octanol–water partition coefficient (Wildman–Crippen LogP) is 7.38. The topological polar surface area (TPSA) is 108 Å². The van der Waals surface area contributed by atoms with Gasteiger partial charge in [-0.25, -0.2) is 9.59 Å². The second-order valence-electron chi connectivity index (χ2n) is 11.4. The van der Waals surface area contributed by atoms with E-state index in [0.717, 1.165) is 73.5 Å². The first kappa shape index (κ1) is 25.6. The van der Waals surface area contributed by atoms with E-state index in [0.29, 0.717) is 29.1 Å². The van der Waals surface area contributed by atoms with Crippen LogP contribution in [0.1, 0.15) is 77.2 Å². The highest BCUT2D eigenvalue weighted by Crippen LogP contribution is 2.45. The van der Waals surface area contributed by atoms with E-state index in [-0.39, 0.29) is 12.1 Å². The fourth-order valence-corrected chi connectivity index (χ4v) is 5.94. The highest BCUT2D eigenvalue weighted by molar-refractivity contribution is 6.02. The molecule has 3 aliphatic rings. The number of carbonyl (C=O) groups is 2. The minimum atomic E-state index is -0.426. The molecule has 8 nitrogen and oxygen atoms in total. The number of hydrogen-bond acceptors (Lipinski definition) is 5. The van der Waals surface area contributed by atoms with Gasteiger partial charge in [0.2, 0.25) is 0 Å². The number of rotatable bonds is 7. The van der Waals surface area contributed by atoms with Crippen molar-refractivity contribution in [2.75, 3.05) is 11.1 Å². The Hall–Kier alpha value is -3.68. The van der Waals surface area contributed by atoms with Crippen molar-refractivity contribution in [2.45, 2.75) is 89.3 Å². The molecule has 3 aliphatic carbocycles. The van der Waals surface area contributed by atoms with Crippen molar-refractivity contribution in [3.05, 3.63) is 42.5 Å². The number of carbonyl (C=O) groups excluding carboxylic acids is 2. The molecular weight excluding hydrogens is 492 g/mol. The van der Waals surface area contributed by atoms with Gasteiger partial charge in [-0.2, -0.15) is 0 Å². The summed E-state index contributed by atoms with van der Waals surface area (Å²) in [6.45, 7) is 1.95. The number of aromatic nitrogens is 1. The van der Waals surface area contributed by atoms with Crippen molar-refractivity contribution in [2.24, 2.45) is 5.92 Å². The fourth-order valence-electron chi connectivity index (χ4n) is 5.94. The van der Waals surface area contributed by atoms with Crippen LogP contribution in [0.4, 0.5) is 21.0 Å². The van der Waals surface area contributed by atoms with Crippen molar-refractivity contribution in [3.63, 3.8) is 0 Å². The number of fused-ring (bicyclic) bond motifs is 1. The number of amides is 2. The van der Waals surface area contributed by atoms with E-state index in [2.05, 4.69) is 15.2 Å². The maximum absolute atomic E-state index is 12.6. The summed E-state index contributed by atoms with van der Waals surface area (Å²) in [5, 5.41) is 6.80. The summed E-state index contributed by atoms with van der Waals surface area (Å²) in [7, 11) is 0. The Kier molecular flexibility index (Phi) is 7.11. The molecule has 1 atom stereocenters. The van der Waals surface area contributed by atoms with Gasteiger partial charge in [0.15, 0.2) is 0 Å². The van der Waals surface area contributed by atoms with E-state index in [1.807, 2.05) is 49.4 Å². The Morgan fingerprint density at radius 3 is 2.33 bits per heavy atom. The van der Waals surface area contributed by atoms with Gasteiger partial charge in [-0.05, 0) is 82.1 Å². The molecule has 1 aromatic heterocycles. The van der Waals surface area contributed by atoms with Crippen LogP contribution in [-0.2, 0) is 4.74 Å². The summed E-state index contributed by atoms with van der Waals surface area (Å²) in [4.78, 5) is 24.9. The lowest BCUT2D eigenvalue weighted by Gasteiger charge is -2.30. The van der Waals surface area contributed by atoms with Crippen molar-refractivity contribution < 1.29 is 19.1 Å². The standard InChI is InChI=1S/C31H38N4O4/c1-19(20-10-11-20)38-30(36)34-23-14-12-21(13-15-23)29-28(32)26-17-16-25(18-27(26)35(29)24-8-5-9-24)39-31(37)33-22-6-3-2-4-7-22/h12-20,22,24H,2-11,32H2,1H3,(H,33,37)(H,34,36)/t19-/m1/s1. The molecule has 0 spiro atoms. The molecule has 2 amide bonds. The fraction of sp³-hybridized carbons (Fsp3) is 0.484. The molecule has 4 N–H and O–H groups in total. The van der Waals surface area contributed by atoms with Gasteiger partial charge in [-0.15, -0.1) is 0 Å². The molecule has 0 aliphatic heterocycles. The molecule has 39 heavy (non-hydrogen) atoms. The van der Waals surface area contributed by atoms with Crippen molar-refractivity contribution in [1.29, 1.82) is 0 Å². The first-order valence-corrected chi connectivity index (χ1v) is 14.5. The van der Waals surface area contributed by atoms with Crippen LogP contribution in [0.2, 0.25) is 0 Å². The minimum absolute atomic E-state index is 0.0607. The lowest BCUT2D eigenvalue weighted by molar-refractivity contribution is 0.108. The van der Waals surface area contributed by atoms with E-state index in [4.69, 9.17) is 15.2 Å². The molecule has 0 unspecified atom stereocenters. The van der Waals surface area contributed by atoms with Crippen LogP contribution in [0, 0.1) is 5.92 Å². The number of nitrogens with zero attached hydrogens (tertiary/aromatic N) is 1. The highest BCUT2D eigenvalue weighted by atomic mass is 16.6. The van der Waals surface area contributed by atoms with E-state index in [1.54, 1.807) is 0 Å². The molecule has 1 heterocycles. The summed E-state index contributed by atoms with van der Waals surface area (Å²) in [6, 6.07) is 13.9. The molecule has 0 bridgehead atoms. The zero-order chi connectivity index (χ0) is 26.9. The number of nitrogens with one attached hydrogen (secondary N) is 2. The van der Waals surface area contributed by atoms with E-state index >= 15 is 0 Å². The third-order valence-corrected chi connectivity index (χ3v) is 8.58. The molecule has 206 valence electrons. The van der Waals surface area contributed by atoms with E-state index < -0.39 is 12.2 Å². The summed E-state index contributed by atoms with van der Waals surface area (Å²) < 4.78 is 13.5. The lowest BCUT2D eigenvalue weighted by Crippen LogP contribution is -2.37. The van der Waals surface area contributed by atoms with E-state index in [1.165, 1.54) is 12.8 Å². The third kappa shape index (κ3) is 5.56. The largest absolute Gasteiger partial charge is 0.446 e. The predicted molar refractivity (Wildman–Crippen MR) is 153 cm³/mol. The van der Waals surface area contributed by atoms with Crippen LogP contribution >= 0.6 is 0 Å². The van der Waals surface area contributed by atoms with Crippen LogP contribution in [0.5, 0.6) is 5.75 Å². The molecule has 0 saturated heterocycles. The first-order chi connectivity index (χ1) is 19.0. The Labute approximate surface area is 229 Å². The number of nitrogen functional groups attached to an aromatic ring is 1. The van der Waals surface area contributed by atoms with Crippen LogP contribution in [-0.4, -0.2) is 28.9 Å². The zero-order valence-corrected chi connectivity index (χ0v) is 22.6. The van der Waals surface area contributed by atoms with Crippen LogP contribution < -0.4 is 21.1 Å².